The fourth-order valence-electron chi connectivity index (χ4n) is 1.70. The van der Waals surface area contributed by atoms with Crippen LogP contribution in [-0.4, -0.2) is 9.55 Å². The first-order valence-electron chi connectivity index (χ1n) is 5.63. The lowest BCUT2D eigenvalue weighted by Crippen LogP contribution is -2.21. The molecule has 5 heteroatoms. The average molecular weight is 283 g/mol. The lowest BCUT2D eigenvalue weighted by Gasteiger charge is -2.06. The standard InChI is InChI=1S/C13H12Cl2N2O/c14-11-12(15)16-9-17(13(11)18)8-4-7-10-5-2-1-3-6-10/h1-3,5-6,9H,4,7-8H2. The van der Waals surface area contributed by atoms with Gasteiger partial charge in [0.2, 0.25) is 0 Å². The first-order chi connectivity index (χ1) is 8.68. The van der Waals surface area contributed by atoms with Gasteiger partial charge in [0.25, 0.3) is 5.56 Å². The summed E-state index contributed by atoms with van der Waals surface area (Å²) in [5.74, 6) is 0. The van der Waals surface area contributed by atoms with Gasteiger partial charge in [0.05, 0.1) is 6.33 Å². The van der Waals surface area contributed by atoms with Crippen LogP contribution in [0.25, 0.3) is 0 Å². The Morgan fingerprint density at radius 2 is 1.89 bits per heavy atom. The van der Waals surface area contributed by atoms with Gasteiger partial charge in [-0.3, -0.25) is 9.36 Å². The molecule has 0 spiro atoms. The number of halogens is 2. The molecule has 0 amide bonds. The van der Waals surface area contributed by atoms with Crippen LogP contribution in [0.1, 0.15) is 12.0 Å². The second-order valence-corrected chi connectivity index (χ2v) is 4.67. The number of benzene rings is 1. The molecule has 18 heavy (non-hydrogen) atoms. The second-order valence-electron chi connectivity index (χ2n) is 3.94. The predicted octanol–water partition coefficient (Wildman–Crippen LogP) is 3.18. The summed E-state index contributed by atoms with van der Waals surface area (Å²) >= 11 is 11.4. The maximum atomic E-state index is 11.7. The van der Waals surface area contributed by atoms with E-state index in [1.54, 1.807) is 0 Å². The molecule has 0 unspecified atom stereocenters. The van der Waals surface area contributed by atoms with Crippen molar-refractivity contribution in [2.45, 2.75) is 19.4 Å². The number of hydrogen-bond acceptors (Lipinski definition) is 2. The number of aryl methyl sites for hydroxylation is 2. The van der Waals surface area contributed by atoms with Gasteiger partial charge >= 0.3 is 0 Å². The fourth-order valence-corrected chi connectivity index (χ4v) is 1.98. The van der Waals surface area contributed by atoms with Crippen LogP contribution in [0.3, 0.4) is 0 Å². The highest BCUT2D eigenvalue weighted by molar-refractivity contribution is 6.40. The molecule has 0 N–H and O–H groups in total. The second kappa shape index (κ2) is 6.03. The van der Waals surface area contributed by atoms with Crippen molar-refractivity contribution in [3.05, 3.63) is 62.8 Å². The molecule has 1 aromatic carbocycles. The van der Waals surface area contributed by atoms with E-state index in [-0.39, 0.29) is 15.7 Å². The summed E-state index contributed by atoms with van der Waals surface area (Å²) in [4.78, 5) is 15.6. The van der Waals surface area contributed by atoms with Gasteiger partial charge in [0.1, 0.15) is 5.02 Å². The summed E-state index contributed by atoms with van der Waals surface area (Å²) in [7, 11) is 0. The molecule has 0 saturated heterocycles. The highest BCUT2D eigenvalue weighted by Gasteiger charge is 2.06. The van der Waals surface area contributed by atoms with Gasteiger partial charge in [-0.25, -0.2) is 4.98 Å². The first-order valence-corrected chi connectivity index (χ1v) is 6.38. The molecule has 1 heterocycles. The third kappa shape index (κ3) is 3.12. The van der Waals surface area contributed by atoms with E-state index in [0.717, 1.165) is 12.8 Å². The Labute approximate surface area is 115 Å². The average Bonchev–Trinajstić information content (AvgIpc) is 2.40. The Morgan fingerprint density at radius 3 is 2.61 bits per heavy atom. The molecular weight excluding hydrogens is 271 g/mol. The molecule has 1 aromatic heterocycles. The van der Waals surface area contributed by atoms with Gasteiger partial charge in [-0.2, -0.15) is 0 Å². The summed E-state index contributed by atoms with van der Waals surface area (Å²) in [5.41, 5.74) is 0.961. The van der Waals surface area contributed by atoms with Crippen molar-refractivity contribution in [3.8, 4) is 0 Å². The Morgan fingerprint density at radius 1 is 1.17 bits per heavy atom. The van der Waals surface area contributed by atoms with E-state index in [4.69, 9.17) is 23.2 Å². The van der Waals surface area contributed by atoms with Gasteiger partial charge in [-0.1, -0.05) is 53.5 Å². The van der Waals surface area contributed by atoms with Crippen molar-refractivity contribution in [3.63, 3.8) is 0 Å². The Hall–Kier alpha value is -1.32. The van der Waals surface area contributed by atoms with E-state index < -0.39 is 0 Å². The van der Waals surface area contributed by atoms with E-state index in [1.165, 1.54) is 16.5 Å². The summed E-state index contributed by atoms with van der Waals surface area (Å²) in [6.07, 6.45) is 3.19. The van der Waals surface area contributed by atoms with Crippen molar-refractivity contribution >= 4 is 23.2 Å². The molecule has 0 aliphatic carbocycles. The number of nitrogens with zero attached hydrogens (tertiary/aromatic N) is 2. The van der Waals surface area contributed by atoms with E-state index in [0.29, 0.717) is 6.54 Å². The lowest BCUT2D eigenvalue weighted by atomic mass is 10.1. The van der Waals surface area contributed by atoms with Crippen LogP contribution in [0.5, 0.6) is 0 Å². The Bertz CT molecular complexity index is 581. The zero-order valence-corrected chi connectivity index (χ0v) is 11.2. The van der Waals surface area contributed by atoms with Gasteiger partial charge in [-0.05, 0) is 18.4 Å². The highest BCUT2D eigenvalue weighted by atomic mass is 35.5. The molecule has 0 radical (unpaired) electrons. The molecule has 2 aromatic rings. The summed E-state index contributed by atoms with van der Waals surface area (Å²) in [6, 6.07) is 10.1. The number of rotatable bonds is 4. The molecule has 0 aliphatic heterocycles. The zero-order chi connectivity index (χ0) is 13.0. The lowest BCUT2D eigenvalue weighted by molar-refractivity contribution is 0.612. The highest BCUT2D eigenvalue weighted by Crippen LogP contribution is 2.12. The number of hydrogen-bond donors (Lipinski definition) is 0. The largest absolute Gasteiger partial charge is 0.298 e. The predicted molar refractivity (Wildman–Crippen MR) is 73.3 cm³/mol. The van der Waals surface area contributed by atoms with E-state index in [9.17, 15) is 4.79 Å². The molecule has 94 valence electrons. The van der Waals surface area contributed by atoms with Crippen LogP contribution < -0.4 is 5.56 Å². The summed E-state index contributed by atoms with van der Waals surface area (Å²) in [6.45, 7) is 0.581. The van der Waals surface area contributed by atoms with Crippen molar-refractivity contribution in [1.29, 1.82) is 0 Å². The Kier molecular flexibility index (Phi) is 4.39. The molecular formula is C13H12Cl2N2O. The van der Waals surface area contributed by atoms with Crippen molar-refractivity contribution in [2.24, 2.45) is 0 Å². The molecule has 3 nitrogen and oxygen atoms in total. The minimum Gasteiger partial charge on any atom is -0.298 e. The Balaban J connectivity index is 1.99. The quantitative estimate of drug-likeness (QED) is 0.808. The van der Waals surface area contributed by atoms with E-state index in [2.05, 4.69) is 17.1 Å². The third-order valence-electron chi connectivity index (χ3n) is 2.65. The fraction of sp³-hybridized carbons (Fsp3) is 0.231. The third-order valence-corrected chi connectivity index (χ3v) is 3.37. The van der Waals surface area contributed by atoms with Crippen LogP contribution in [-0.2, 0) is 13.0 Å². The van der Waals surface area contributed by atoms with Crippen LogP contribution in [0.15, 0.2) is 41.5 Å². The van der Waals surface area contributed by atoms with E-state index >= 15 is 0 Å². The van der Waals surface area contributed by atoms with Gasteiger partial charge in [0.15, 0.2) is 5.15 Å². The van der Waals surface area contributed by atoms with Crippen LogP contribution in [0.2, 0.25) is 10.2 Å². The monoisotopic (exact) mass is 282 g/mol. The summed E-state index contributed by atoms with van der Waals surface area (Å²) in [5, 5.41) is 0.0415. The van der Waals surface area contributed by atoms with Crippen LogP contribution >= 0.6 is 23.2 Å². The van der Waals surface area contributed by atoms with Crippen molar-refractivity contribution in [1.82, 2.24) is 9.55 Å². The smallest absolute Gasteiger partial charge is 0.273 e. The van der Waals surface area contributed by atoms with Crippen LogP contribution in [0.4, 0.5) is 0 Å². The topological polar surface area (TPSA) is 34.9 Å². The van der Waals surface area contributed by atoms with Crippen molar-refractivity contribution in [2.75, 3.05) is 0 Å². The van der Waals surface area contributed by atoms with E-state index in [1.807, 2.05) is 18.2 Å². The maximum Gasteiger partial charge on any atom is 0.273 e. The van der Waals surface area contributed by atoms with Gasteiger partial charge in [0, 0.05) is 6.54 Å². The molecule has 0 saturated carbocycles. The minimum atomic E-state index is -0.287. The SMILES string of the molecule is O=c1c(Cl)c(Cl)ncn1CCCc1ccccc1. The van der Waals surface area contributed by atoms with Crippen LogP contribution in [0, 0.1) is 0 Å². The molecule has 0 aliphatic rings. The van der Waals surface area contributed by atoms with Gasteiger partial charge in [-0.15, -0.1) is 0 Å². The molecule has 0 bridgehead atoms. The van der Waals surface area contributed by atoms with Crippen molar-refractivity contribution < 1.29 is 0 Å². The molecule has 0 fully saturated rings. The maximum absolute atomic E-state index is 11.7. The first kappa shape index (κ1) is 13.1. The normalized spacial score (nSPS) is 10.6. The minimum absolute atomic E-state index is 0.0149. The summed E-state index contributed by atoms with van der Waals surface area (Å²) < 4.78 is 1.48. The zero-order valence-electron chi connectivity index (χ0n) is 9.64. The number of aromatic nitrogens is 2. The molecule has 0 atom stereocenters. The van der Waals surface area contributed by atoms with Gasteiger partial charge < -0.3 is 0 Å². The molecule has 2 rings (SSSR count).